The molecule has 5 heteroatoms. The van der Waals surface area contributed by atoms with Crippen LogP contribution >= 0.6 is 0 Å². The lowest BCUT2D eigenvalue weighted by atomic mass is 10.1. The highest BCUT2D eigenvalue weighted by Gasteiger charge is 2.39. The van der Waals surface area contributed by atoms with Crippen molar-refractivity contribution in [2.24, 2.45) is 0 Å². The molecule has 3 atom stereocenters. The van der Waals surface area contributed by atoms with Gasteiger partial charge in [-0.1, -0.05) is 12.1 Å². The molecule has 0 aromatic heterocycles. The van der Waals surface area contributed by atoms with E-state index in [2.05, 4.69) is 17.4 Å². The number of amides is 1. The Bertz CT molecular complexity index is 799. The third kappa shape index (κ3) is 4.65. The summed E-state index contributed by atoms with van der Waals surface area (Å²) in [5.74, 6) is 1.97. The Morgan fingerprint density at radius 1 is 1.14 bits per heavy atom. The fraction of sp³-hybridized carbons (Fsp3) is 0.435. The summed E-state index contributed by atoms with van der Waals surface area (Å²) in [7, 11) is 0. The van der Waals surface area contributed by atoms with E-state index in [9.17, 15) is 4.79 Å². The fourth-order valence-corrected chi connectivity index (χ4v) is 3.64. The Balaban J connectivity index is 1.27. The van der Waals surface area contributed by atoms with Crippen molar-refractivity contribution in [2.45, 2.75) is 44.2 Å². The summed E-state index contributed by atoms with van der Waals surface area (Å²) in [6.07, 6.45) is 3.31. The Morgan fingerprint density at radius 2 is 2.00 bits per heavy atom. The van der Waals surface area contributed by atoms with Crippen LogP contribution in [0.3, 0.4) is 0 Å². The molecule has 2 aromatic carbocycles. The lowest BCUT2D eigenvalue weighted by Gasteiger charge is -2.12. The molecule has 3 unspecified atom stereocenters. The van der Waals surface area contributed by atoms with Gasteiger partial charge in [0.05, 0.1) is 12.7 Å². The third-order valence-corrected chi connectivity index (χ3v) is 5.28. The maximum absolute atomic E-state index is 12.5. The van der Waals surface area contributed by atoms with E-state index in [4.69, 9.17) is 14.2 Å². The summed E-state index contributed by atoms with van der Waals surface area (Å²) in [6, 6.07) is 15.6. The van der Waals surface area contributed by atoms with Crippen molar-refractivity contribution in [2.75, 3.05) is 19.8 Å². The highest BCUT2D eigenvalue weighted by atomic mass is 16.5. The van der Waals surface area contributed by atoms with Gasteiger partial charge < -0.3 is 19.5 Å². The van der Waals surface area contributed by atoms with Crippen LogP contribution in [0, 0.1) is 0 Å². The van der Waals surface area contributed by atoms with Crippen molar-refractivity contribution in [3.8, 4) is 11.5 Å². The number of carbonyl (C=O) groups excluding carboxylic acids is 1. The number of hydrogen-bond donors (Lipinski definition) is 1. The largest absolute Gasteiger partial charge is 0.494 e. The highest BCUT2D eigenvalue weighted by molar-refractivity contribution is 5.94. The zero-order valence-electron chi connectivity index (χ0n) is 16.2. The number of ether oxygens (including phenoxy) is 3. The van der Waals surface area contributed by atoms with Gasteiger partial charge in [-0.05, 0) is 68.1 Å². The van der Waals surface area contributed by atoms with E-state index < -0.39 is 0 Å². The van der Waals surface area contributed by atoms with Crippen molar-refractivity contribution in [3.05, 3.63) is 59.7 Å². The first-order valence-electron chi connectivity index (χ1n) is 10.1. The molecule has 4 rings (SSSR count). The summed E-state index contributed by atoms with van der Waals surface area (Å²) < 4.78 is 16.9. The molecule has 5 nitrogen and oxygen atoms in total. The second kappa shape index (κ2) is 8.65. The SMILES string of the molecule is CCOc1cccc(C2CC2NC(=O)c2ccc(OCC3CCCO3)cc2)c1. The van der Waals surface area contributed by atoms with E-state index in [1.165, 1.54) is 5.56 Å². The van der Waals surface area contributed by atoms with Gasteiger partial charge in [0, 0.05) is 24.1 Å². The molecule has 2 aliphatic rings. The van der Waals surface area contributed by atoms with Gasteiger partial charge in [-0.25, -0.2) is 0 Å². The number of rotatable bonds is 8. The van der Waals surface area contributed by atoms with Crippen molar-refractivity contribution in [1.82, 2.24) is 5.32 Å². The van der Waals surface area contributed by atoms with Gasteiger partial charge >= 0.3 is 0 Å². The average molecular weight is 381 g/mol. The van der Waals surface area contributed by atoms with Gasteiger partial charge in [0.1, 0.15) is 18.1 Å². The molecule has 0 spiro atoms. The van der Waals surface area contributed by atoms with Crippen LogP contribution in [0.2, 0.25) is 0 Å². The first-order chi connectivity index (χ1) is 13.7. The maximum atomic E-state index is 12.5. The van der Waals surface area contributed by atoms with Gasteiger partial charge in [-0.3, -0.25) is 4.79 Å². The zero-order chi connectivity index (χ0) is 19.3. The second-order valence-electron chi connectivity index (χ2n) is 7.40. The number of benzene rings is 2. The molecule has 0 radical (unpaired) electrons. The lowest BCUT2D eigenvalue weighted by molar-refractivity contribution is 0.0679. The zero-order valence-corrected chi connectivity index (χ0v) is 16.2. The van der Waals surface area contributed by atoms with Gasteiger partial charge in [0.15, 0.2) is 0 Å². The van der Waals surface area contributed by atoms with Crippen molar-refractivity contribution in [1.29, 1.82) is 0 Å². The van der Waals surface area contributed by atoms with Crippen LogP contribution in [0.5, 0.6) is 11.5 Å². The van der Waals surface area contributed by atoms with Crippen LogP contribution in [0.15, 0.2) is 48.5 Å². The predicted molar refractivity (Wildman–Crippen MR) is 107 cm³/mol. The quantitative estimate of drug-likeness (QED) is 0.753. The van der Waals surface area contributed by atoms with E-state index >= 15 is 0 Å². The fourth-order valence-electron chi connectivity index (χ4n) is 3.64. The normalized spacial score (nSPS) is 23.2. The molecule has 148 valence electrons. The number of carbonyl (C=O) groups is 1. The molecule has 1 aliphatic heterocycles. The standard InChI is InChI=1S/C23H27NO4/c1-2-26-19-6-3-5-17(13-19)21-14-22(21)24-23(25)16-8-10-18(11-9-16)28-15-20-7-4-12-27-20/h3,5-6,8-11,13,20-22H,2,4,7,12,14-15H2,1H3,(H,24,25). The molecule has 1 N–H and O–H groups in total. The smallest absolute Gasteiger partial charge is 0.251 e. The second-order valence-corrected chi connectivity index (χ2v) is 7.40. The predicted octanol–water partition coefficient (Wildman–Crippen LogP) is 3.93. The Hall–Kier alpha value is -2.53. The van der Waals surface area contributed by atoms with E-state index in [0.29, 0.717) is 24.7 Å². The van der Waals surface area contributed by atoms with Crippen LogP contribution in [0.25, 0.3) is 0 Å². The molecule has 28 heavy (non-hydrogen) atoms. The van der Waals surface area contributed by atoms with E-state index in [1.807, 2.05) is 43.3 Å². The summed E-state index contributed by atoms with van der Waals surface area (Å²) in [4.78, 5) is 12.5. The van der Waals surface area contributed by atoms with Crippen LogP contribution in [-0.4, -0.2) is 37.9 Å². The van der Waals surface area contributed by atoms with E-state index in [-0.39, 0.29) is 18.1 Å². The summed E-state index contributed by atoms with van der Waals surface area (Å²) in [5.41, 5.74) is 1.87. The Labute approximate surface area is 166 Å². The van der Waals surface area contributed by atoms with Crippen molar-refractivity contribution in [3.63, 3.8) is 0 Å². The van der Waals surface area contributed by atoms with Gasteiger partial charge in [-0.2, -0.15) is 0 Å². The summed E-state index contributed by atoms with van der Waals surface area (Å²) >= 11 is 0. The van der Waals surface area contributed by atoms with Gasteiger partial charge in [0.25, 0.3) is 5.91 Å². The van der Waals surface area contributed by atoms with Gasteiger partial charge in [0.2, 0.25) is 0 Å². The van der Waals surface area contributed by atoms with E-state index in [0.717, 1.165) is 37.4 Å². The lowest BCUT2D eigenvalue weighted by Crippen LogP contribution is -2.26. The molecule has 1 amide bonds. The third-order valence-electron chi connectivity index (χ3n) is 5.28. The molecule has 2 aromatic rings. The van der Waals surface area contributed by atoms with Crippen LogP contribution < -0.4 is 14.8 Å². The molecule has 2 fully saturated rings. The highest BCUT2D eigenvalue weighted by Crippen LogP contribution is 2.41. The molecule has 1 saturated heterocycles. The summed E-state index contributed by atoms with van der Waals surface area (Å²) in [6.45, 7) is 4.02. The minimum Gasteiger partial charge on any atom is -0.494 e. The van der Waals surface area contributed by atoms with Crippen molar-refractivity contribution >= 4 is 5.91 Å². The minimum atomic E-state index is -0.0425. The first-order valence-corrected chi connectivity index (χ1v) is 10.1. The number of nitrogens with one attached hydrogen (secondary N) is 1. The van der Waals surface area contributed by atoms with Crippen LogP contribution in [0.1, 0.15) is 48.0 Å². The topological polar surface area (TPSA) is 56.8 Å². The van der Waals surface area contributed by atoms with Crippen LogP contribution in [-0.2, 0) is 4.74 Å². The molecule has 1 saturated carbocycles. The molecule has 0 bridgehead atoms. The maximum Gasteiger partial charge on any atom is 0.251 e. The molecule has 1 aliphatic carbocycles. The Kier molecular flexibility index (Phi) is 5.81. The molecular formula is C23H27NO4. The molecule has 1 heterocycles. The minimum absolute atomic E-state index is 0.0425. The Morgan fingerprint density at radius 3 is 2.75 bits per heavy atom. The summed E-state index contributed by atoms with van der Waals surface area (Å²) in [5, 5.41) is 3.13. The van der Waals surface area contributed by atoms with Gasteiger partial charge in [-0.15, -0.1) is 0 Å². The van der Waals surface area contributed by atoms with E-state index in [1.54, 1.807) is 0 Å². The monoisotopic (exact) mass is 381 g/mol. The van der Waals surface area contributed by atoms with Crippen molar-refractivity contribution < 1.29 is 19.0 Å². The molecular weight excluding hydrogens is 354 g/mol. The average Bonchev–Trinajstić information content (AvgIpc) is 3.28. The van der Waals surface area contributed by atoms with Crippen LogP contribution in [0.4, 0.5) is 0 Å². The first kappa shape index (κ1) is 18.8. The number of hydrogen-bond acceptors (Lipinski definition) is 4.